The number of carbonyl (C=O) groups excluding carboxylic acids is 1. The third kappa shape index (κ3) is 5.22. The molecule has 1 unspecified atom stereocenters. The normalized spacial score (nSPS) is 12.5. The van der Waals surface area contributed by atoms with Crippen LogP contribution in [0.3, 0.4) is 0 Å². The Morgan fingerprint density at radius 1 is 1.32 bits per heavy atom. The van der Waals surface area contributed by atoms with E-state index in [1.165, 1.54) is 0 Å². The Labute approximate surface area is 132 Å². The average Bonchev–Trinajstić information content (AvgIpc) is 2.44. The third-order valence-electron chi connectivity index (χ3n) is 3.14. The molecule has 0 aliphatic carbocycles. The van der Waals surface area contributed by atoms with Crippen molar-refractivity contribution in [1.82, 2.24) is 5.32 Å². The van der Waals surface area contributed by atoms with Crippen molar-refractivity contribution < 1.29 is 17.9 Å². The highest BCUT2D eigenvalue weighted by molar-refractivity contribution is 7.92. The lowest BCUT2D eigenvalue weighted by Gasteiger charge is -2.24. The molecule has 1 N–H and O–H groups in total. The Bertz CT molecular complexity index is 601. The van der Waals surface area contributed by atoms with Gasteiger partial charge in [-0.2, -0.15) is 0 Å². The van der Waals surface area contributed by atoms with Gasteiger partial charge in [0.15, 0.2) is 0 Å². The van der Waals surface area contributed by atoms with Crippen molar-refractivity contribution in [3.63, 3.8) is 0 Å². The molecule has 1 aromatic carbocycles. The van der Waals surface area contributed by atoms with Gasteiger partial charge in [-0.3, -0.25) is 9.10 Å². The second-order valence-corrected chi connectivity index (χ2v) is 6.95. The van der Waals surface area contributed by atoms with E-state index in [4.69, 9.17) is 4.74 Å². The molecule has 7 heteroatoms. The Kier molecular flexibility index (Phi) is 6.67. The van der Waals surface area contributed by atoms with E-state index in [0.717, 1.165) is 17.0 Å². The Morgan fingerprint density at radius 2 is 1.95 bits per heavy atom. The van der Waals surface area contributed by atoms with Crippen LogP contribution in [-0.2, 0) is 14.8 Å². The van der Waals surface area contributed by atoms with Gasteiger partial charge in [0, 0.05) is 6.04 Å². The van der Waals surface area contributed by atoms with E-state index in [2.05, 4.69) is 5.32 Å². The minimum absolute atomic E-state index is 0.00366. The fourth-order valence-electron chi connectivity index (χ4n) is 1.87. The minimum atomic E-state index is -3.60. The number of carbonyl (C=O) groups is 1. The molecule has 22 heavy (non-hydrogen) atoms. The van der Waals surface area contributed by atoms with Gasteiger partial charge in [0.05, 0.1) is 18.6 Å². The molecule has 0 spiro atoms. The molecule has 0 saturated heterocycles. The standard InChI is InChI=1S/C15H24N2O4S/c1-5-12(3)16-15(18)11-17(22(4,19)20)13-9-7-8-10-14(13)21-6-2/h7-10,12H,5-6,11H2,1-4H3,(H,16,18). The summed E-state index contributed by atoms with van der Waals surface area (Å²) in [6, 6.07) is 6.78. The molecule has 124 valence electrons. The van der Waals surface area contributed by atoms with Gasteiger partial charge in [0.1, 0.15) is 12.3 Å². The molecule has 0 aliphatic heterocycles. The van der Waals surface area contributed by atoms with Crippen molar-refractivity contribution in [2.75, 3.05) is 23.7 Å². The van der Waals surface area contributed by atoms with Gasteiger partial charge in [-0.25, -0.2) is 8.42 Å². The zero-order valence-electron chi connectivity index (χ0n) is 13.5. The number of sulfonamides is 1. The summed E-state index contributed by atoms with van der Waals surface area (Å²) in [7, 11) is -3.60. The molecular weight excluding hydrogens is 304 g/mol. The molecule has 0 radical (unpaired) electrons. The van der Waals surface area contributed by atoms with Crippen LogP contribution in [0.2, 0.25) is 0 Å². The monoisotopic (exact) mass is 328 g/mol. The maximum atomic E-state index is 12.1. The molecule has 1 rings (SSSR count). The summed E-state index contributed by atoms with van der Waals surface area (Å²) >= 11 is 0. The quantitative estimate of drug-likeness (QED) is 0.789. The van der Waals surface area contributed by atoms with Crippen molar-refractivity contribution in [2.45, 2.75) is 33.2 Å². The van der Waals surface area contributed by atoms with Crippen LogP contribution < -0.4 is 14.4 Å². The molecule has 0 aromatic heterocycles. The van der Waals surface area contributed by atoms with Crippen LogP contribution in [0.15, 0.2) is 24.3 Å². The molecule has 0 aliphatic rings. The van der Waals surface area contributed by atoms with E-state index in [0.29, 0.717) is 18.0 Å². The number of hydrogen-bond acceptors (Lipinski definition) is 4. The molecule has 0 heterocycles. The highest BCUT2D eigenvalue weighted by Crippen LogP contribution is 2.29. The minimum Gasteiger partial charge on any atom is -0.492 e. The lowest BCUT2D eigenvalue weighted by atomic mass is 10.2. The number of amides is 1. The highest BCUT2D eigenvalue weighted by atomic mass is 32.2. The number of hydrogen-bond donors (Lipinski definition) is 1. The molecule has 0 bridgehead atoms. The van der Waals surface area contributed by atoms with Crippen LogP contribution >= 0.6 is 0 Å². The van der Waals surface area contributed by atoms with E-state index >= 15 is 0 Å². The molecule has 1 amide bonds. The Morgan fingerprint density at radius 3 is 2.50 bits per heavy atom. The Balaban J connectivity index is 3.08. The van der Waals surface area contributed by atoms with Gasteiger partial charge in [0.25, 0.3) is 0 Å². The second-order valence-electron chi connectivity index (χ2n) is 5.05. The average molecular weight is 328 g/mol. The molecule has 0 saturated carbocycles. The summed E-state index contributed by atoms with van der Waals surface area (Å²) in [4.78, 5) is 12.1. The number of anilines is 1. The van der Waals surface area contributed by atoms with Crippen LogP contribution in [0.1, 0.15) is 27.2 Å². The van der Waals surface area contributed by atoms with Crippen molar-refractivity contribution in [2.24, 2.45) is 0 Å². The third-order valence-corrected chi connectivity index (χ3v) is 4.27. The van der Waals surface area contributed by atoms with Gasteiger partial charge in [-0.15, -0.1) is 0 Å². The van der Waals surface area contributed by atoms with Crippen molar-refractivity contribution >= 4 is 21.6 Å². The Hall–Kier alpha value is -1.76. The van der Waals surface area contributed by atoms with E-state index in [1.54, 1.807) is 24.3 Å². The first kappa shape index (κ1) is 18.3. The van der Waals surface area contributed by atoms with E-state index in [-0.39, 0.29) is 18.5 Å². The first-order chi connectivity index (χ1) is 10.3. The molecule has 1 aromatic rings. The van der Waals surface area contributed by atoms with Gasteiger partial charge in [0.2, 0.25) is 15.9 Å². The predicted octanol–water partition coefficient (Wildman–Crippen LogP) is 1.77. The number of para-hydroxylation sites is 2. The molecular formula is C15H24N2O4S. The lowest BCUT2D eigenvalue weighted by molar-refractivity contribution is -0.120. The van der Waals surface area contributed by atoms with E-state index in [1.807, 2.05) is 20.8 Å². The van der Waals surface area contributed by atoms with Gasteiger partial charge < -0.3 is 10.1 Å². The fraction of sp³-hybridized carbons (Fsp3) is 0.533. The van der Waals surface area contributed by atoms with Crippen LogP contribution in [0.4, 0.5) is 5.69 Å². The van der Waals surface area contributed by atoms with E-state index in [9.17, 15) is 13.2 Å². The zero-order valence-corrected chi connectivity index (χ0v) is 14.3. The largest absolute Gasteiger partial charge is 0.492 e. The van der Waals surface area contributed by atoms with Gasteiger partial charge in [-0.1, -0.05) is 19.1 Å². The first-order valence-electron chi connectivity index (χ1n) is 7.28. The topological polar surface area (TPSA) is 75.7 Å². The van der Waals surface area contributed by atoms with E-state index < -0.39 is 10.0 Å². The van der Waals surface area contributed by atoms with Crippen LogP contribution in [0, 0.1) is 0 Å². The SMILES string of the molecule is CCOc1ccccc1N(CC(=O)NC(C)CC)S(C)(=O)=O. The van der Waals surface area contributed by atoms with Crippen LogP contribution in [-0.4, -0.2) is 39.8 Å². The number of nitrogens with zero attached hydrogens (tertiary/aromatic N) is 1. The summed E-state index contributed by atoms with van der Waals surface area (Å²) in [6.45, 7) is 5.78. The molecule has 1 atom stereocenters. The fourth-order valence-corrected chi connectivity index (χ4v) is 2.73. The van der Waals surface area contributed by atoms with Crippen molar-refractivity contribution in [1.29, 1.82) is 0 Å². The summed E-state index contributed by atoms with van der Waals surface area (Å²) < 4.78 is 30.7. The number of ether oxygens (including phenoxy) is 1. The molecule has 0 fully saturated rings. The maximum absolute atomic E-state index is 12.1. The van der Waals surface area contributed by atoms with Crippen LogP contribution in [0.25, 0.3) is 0 Å². The smallest absolute Gasteiger partial charge is 0.240 e. The second kappa shape index (κ2) is 8.03. The van der Waals surface area contributed by atoms with Gasteiger partial charge in [-0.05, 0) is 32.4 Å². The van der Waals surface area contributed by atoms with Crippen molar-refractivity contribution in [3.05, 3.63) is 24.3 Å². The number of benzene rings is 1. The molecule has 6 nitrogen and oxygen atoms in total. The summed E-state index contributed by atoms with van der Waals surface area (Å²) in [5.74, 6) is 0.0952. The number of rotatable bonds is 8. The van der Waals surface area contributed by atoms with Crippen LogP contribution in [0.5, 0.6) is 5.75 Å². The summed E-state index contributed by atoms with van der Waals surface area (Å²) in [6.07, 6.45) is 1.85. The maximum Gasteiger partial charge on any atom is 0.240 e. The zero-order chi connectivity index (χ0) is 16.8. The number of nitrogens with one attached hydrogen (secondary N) is 1. The summed E-state index contributed by atoms with van der Waals surface area (Å²) in [5.41, 5.74) is 0.367. The highest BCUT2D eigenvalue weighted by Gasteiger charge is 2.24. The van der Waals surface area contributed by atoms with Gasteiger partial charge >= 0.3 is 0 Å². The summed E-state index contributed by atoms with van der Waals surface area (Å²) in [5, 5.41) is 2.77. The van der Waals surface area contributed by atoms with Crippen molar-refractivity contribution in [3.8, 4) is 5.75 Å². The predicted molar refractivity (Wildman–Crippen MR) is 87.7 cm³/mol. The first-order valence-corrected chi connectivity index (χ1v) is 9.13. The lowest BCUT2D eigenvalue weighted by Crippen LogP contribution is -2.43.